The van der Waals surface area contributed by atoms with Gasteiger partial charge in [0.2, 0.25) is 5.91 Å². The van der Waals surface area contributed by atoms with Gasteiger partial charge in [-0.3, -0.25) is 4.79 Å². The van der Waals surface area contributed by atoms with Crippen LogP contribution in [0.3, 0.4) is 0 Å². The first kappa shape index (κ1) is 21.3. The van der Waals surface area contributed by atoms with Gasteiger partial charge in [0.15, 0.2) is 0 Å². The molecule has 31 heavy (non-hydrogen) atoms. The van der Waals surface area contributed by atoms with E-state index in [9.17, 15) is 4.79 Å². The van der Waals surface area contributed by atoms with E-state index in [0.29, 0.717) is 11.4 Å². The van der Waals surface area contributed by atoms with E-state index in [2.05, 4.69) is 12.2 Å². The molecule has 4 rings (SSSR count). The van der Waals surface area contributed by atoms with Gasteiger partial charge < -0.3 is 5.32 Å². The summed E-state index contributed by atoms with van der Waals surface area (Å²) in [4.78, 5) is 22.1. The Hall–Kier alpha value is -2.89. The van der Waals surface area contributed by atoms with E-state index in [4.69, 9.17) is 21.6 Å². The first-order chi connectivity index (χ1) is 15.1. The fourth-order valence-electron chi connectivity index (χ4n) is 3.20. The molecule has 4 aromatic rings. The largest absolute Gasteiger partial charge is 0.325 e. The molecule has 1 heterocycles. The number of rotatable bonds is 7. The summed E-state index contributed by atoms with van der Waals surface area (Å²) < 4.78 is 0. The number of nitrogens with one attached hydrogen (secondary N) is 1. The first-order valence-corrected chi connectivity index (χ1v) is 11.5. The normalized spacial score (nSPS) is 10.9. The third-order valence-electron chi connectivity index (χ3n) is 4.88. The second-order valence-electron chi connectivity index (χ2n) is 7.15. The maximum Gasteiger partial charge on any atom is 0.234 e. The predicted octanol–water partition coefficient (Wildman–Crippen LogP) is 6.17. The third kappa shape index (κ3) is 5.63. The summed E-state index contributed by atoms with van der Waals surface area (Å²) in [5.41, 5.74) is 5.65. The van der Waals surface area contributed by atoms with Crippen LogP contribution in [-0.2, 0) is 17.6 Å². The lowest BCUT2D eigenvalue weighted by Crippen LogP contribution is -2.14. The fraction of sp³-hybridized carbons (Fsp3) is 0.160. The number of nitrogens with zero attached hydrogens (tertiary/aromatic N) is 2. The van der Waals surface area contributed by atoms with Crippen LogP contribution < -0.4 is 5.32 Å². The van der Waals surface area contributed by atoms with Gasteiger partial charge in [0, 0.05) is 17.1 Å². The minimum absolute atomic E-state index is 0.0679. The Bertz CT molecular complexity index is 1190. The number of aromatic nitrogens is 2. The molecule has 4 nitrogen and oxygen atoms in total. The van der Waals surface area contributed by atoms with Gasteiger partial charge in [0.1, 0.15) is 5.03 Å². The van der Waals surface area contributed by atoms with Crippen LogP contribution in [0.4, 0.5) is 5.69 Å². The fourth-order valence-corrected chi connectivity index (χ4v) is 4.11. The van der Waals surface area contributed by atoms with Gasteiger partial charge in [-0.2, -0.15) is 0 Å². The molecule has 0 aliphatic carbocycles. The van der Waals surface area contributed by atoms with Crippen molar-refractivity contribution in [1.82, 2.24) is 9.97 Å². The molecule has 0 saturated heterocycles. The Morgan fingerprint density at radius 3 is 2.23 bits per heavy atom. The molecule has 0 spiro atoms. The van der Waals surface area contributed by atoms with Crippen LogP contribution in [-0.4, -0.2) is 21.6 Å². The summed E-state index contributed by atoms with van der Waals surface area (Å²) in [6, 6.07) is 23.4. The Labute approximate surface area is 191 Å². The molecule has 0 aliphatic rings. The Balaban J connectivity index is 1.52. The van der Waals surface area contributed by atoms with Crippen molar-refractivity contribution in [2.75, 3.05) is 11.1 Å². The number of hydrogen-bond donors (Lipinski definition) is 1. The number of carbonyl (C=O) groups excluding carboxylic acids is 1. The summed E-state index contributed by atoms with van der Waals surface area (Å²) in [6.45, 7) is 2.11. The zero-order chi connectivity index (χ0) is 21.6. The van der Waals surface area contributed by atoms with Crippen LogP contribution in [0.2, 0.25) is 5.02 Å². The number of aryl methyl sites for hydroxylation is 1. The topological polar surface area (TPSA) is 54.9 Å². The molecular weight excluding hydrogens is 426 g/mol. The smallest absolute Gasteiger partial charge is 0.234 e. The SMILES string of the molecule is CCc1ccc(NC(=O)CSc2nc3ccccc3nc2Cc2ccc(Cl)cc2)cc1. The Morgan fingerprint density at radius 1 is 0.903 bits per heavy atom. The lowest BCUT2D eigenvalue weighted by atomic mass is 10.1. The summed E-state index contributed by atoms with van der Waals surface area (Å²) >= 11 is 7.42. The highest BCUT2D eigenvalue weighted by atomic mass is 35.5. The number of anilines is 1. The minimum atomic E-state index is -0.0679. The van der Waals surface area contributed by atoms with Gasteiger partial charge in [-0.15, -0.1) is 0 Å². The molecule has 0 unspecified atom stereocenters. The molecule has 1 aromatic heterocycles. The van der Waals surface area contributed by atoms with Crippen molar-refractivity contribution in [3.63, 3.8) is 0 Å². The number of hydrogen-bond acceptors (Lipinski definition) is 4. The first-order valence-electron chi connectivity index (χ1n) is 10.1. The second kappa shape index (κ2) is 9.94. The van der Waals surface area contributed by atoms with Crippen molar-refractivity contribution < 1.29 is 4.79 Å². The van der Waals surface area contributed by atoms with Crippen molar-refractivity contribution >= 4 is 46.0 Å². The summed E-state index contributed by atoms with van der Waals surface area (Å²) in [6.07, 6.45) is 1.60. The number of para-hydroxylation sites is 2. The molecule has 3 aromatic carbocycles. The van der Waals surface area contributed by atoms with E-state index in [1.165, 1.54) is 17.3 Å². The van der Waals surface area contributed by atoms with Crippen LogP contribution in [0.1, 0.15) is 23.7 Å². The average Bonchev–Trinajstić information content (AvgIpc) is 2.79. The lowest BCUT2D eigenvalue weighted by Gasteiger charge is -2.10. The third-order valence-corrected chi connectivity index (χ3v) is 6.14. The van der Waals surface area contributed by atoms with Crippen molar-refractivity contribution in [3.05, 3.63) is 94.6 Å². The van der Waals surface area contributed by atoms with Crippen LogP contribution in [0.25, 0.3) is 11.0 Å². The monoisotopic (exact) mass is 447 g/mol. The van der Waals surface area contributed by atoms with E-state index < -0.39 is 0 Å². The Morgan fingerprint density at radius 2 is 1.55 bits per heavy atom. The number of halogens is 1. The molecule has 0 radical (unpaired) electrons. The second-order valence-corrected chi connectivity index (χ2v) is 8.56. The van der Waals surface area contributed by atoms with Gasteiger partial charge in [0.05, 0.1) is 22.5 Å². The summed E-state index contributed by atoms with van der Waals surface area (Å²) in [7, 11) is 0. The number of benzene rings is 3. The highest BCUT2D eigenvalue weighted by Gasteiger charge is 2.13. The number of thioether (sulfide) groups is 1. The van der Waals surface area contributed by atoms with Crippen LogP contribution in [0.5, 0.6) is 0 Å². The molecule has 156 valence electrons. The van der Waals surface area contributed by atoms with Crippen molar-refractivity contribution in [2.45, 2.75) is 24.8 Å². The molecule has 0 aliphatic heterocycles. The lowest BCUT2D eigenvalue weighted by molar-refractivity contribution is -0.113. The molecule has 0 bridgehead atoms. The van der Waals surface area contributed by atoms with Crippen LogP contribution in [0, 0.1) is 0 Å². The molecule has 0 fully saturated rings. The maximum atomic E-state index is 12.5. The number of fused-ring (bicyclic) bond motifs is 1. The molecule has 0 atom stereocenters. The summed E-state index contributed by atoms with van der Waals surface area (Å²) in [5, 5.41) is 4.42. The van der Waals surface area contributed by atoms with Crippen molar-refractivity contribution in [2.24, 2.45) is 0 Å². The zero-order valence-corrected chi connectivity index (χ0v) is 18.7. The van der Waals surface area contributed by atoms with Gasteiger partial charge >= 0.3 is 0 Å². The quantitative estimate of drug-likeness (QED) is 0.344. The zero-order valence-electron chi connectivity index (χ0n) is 17.1. The number of carbonyl (C=O) groups is 1. The van der Waals surface area contributed by atoms with E-state index in [-0.39, 0.29) is 11.7 Å². The molecule has 6 heteroatoms. The minimum Gasteiger partial charge on any atom is -0.325 e. The number of amides is 1. The van der Waals surface area contributed by atoms with E-state index in [1.54, 1.807) is 0 Å². The Kier molecular flexibility index (Phi) is 6.85. The van der Waals surface area contributed by atoms with Crippen LogP contribution in [0.15, 0.2) is 77.8 Å². The molecule has 1 amide bonds. The van der Waals surface area contributed by atoms with E-state index in [1.807, 2.05) is 72.8 Å². The standard InChI is InChI=1S/C25H22ClN3OS/c1-2-17-9-13-20(14-10-17)27-24(30)16-31-25-23(15-18-7-11-19(26)12-8-18)28-21-5-3-4-6-22(21)29-25/h3-14H,2,15-16H2,1H3,(H,27,30). The van der Waals surface area contributed by atoms with Gasteiger partial charge in [0.25, 0.3) is 0 Å². The highest BCUT2D eigenvalue weighted by Crippen LogP contribution is 2.25. The molecular formula is C25H22ClN3OS. The van der Waals surface area contributed by atoms with Crippen molar-refractivity contribution in [3.8, 4) is 0 Å². The van der Waals surface area contributed by atoms with Gasteiger partial charge in [-0.1, -0.05) is 66.7 Å². The molecule has 1 N–H and O–H groups in total. The van der Waals surface area contributed by atoms with Gasteiger partial charge in [-0.25, -0.2) is 9.97 Å². The van der Waals surface area contributed by atoms with Gasteiger partial charge in [-0.05, 0) is 53.9 Å². The van der Waals surface area contributed by atoms with E-state index in [0.717, 1.165) is 39.4 Å². The highest BCUT2D eigenvalue weighted by molar-refractivity contribution is 8.00. The maximum absolute atomic E-state index is 12.5. The predicted molar refractivity (Wildman–Crippen MR) is 129 cm³/mol. The summed E-state index contributed by atoms with van der Waals surface area (Å²) in [5.74, 6) is 0.192. The van der Waals surface area contributed by atoms with E-state index >= 15 is 0 Å². The van der Waals surface area contributed by atoms with Crippen molar-refractivity contribution in [1.29, 1.82) is 0 Å². The van der Waals surface area contributed by atoms with Crippen LogP contribution >= 0.6 is 23.4 Å². The average molecular weight is 448 g/mol. The molecule has 0 saturated carbocycles.